The summed E-state index contributed by atoms with van der Waals surface area (Å²) in [7, 11) is 0. The van der Waals surface area contributed by atoms with Gasteiger partial charge in [-0.25, -0.2) is 4.39 Å². The van der Waals surface area contributed by atoms with Crippen LogP contribution >= 0.6 is 11.6 Å². The summed E-state index contributed by atoms with van der Waals surface area (Å²) in [5.74, 6) is -1.42. The lowest BCUT2D eigenvalue weighted by Gasteiger charge is -2.15. The van der Waals surface area contributed by atoms with Crippen molar-refractivity contribution >= 4 is 23.3 Å². The van der Waals surface area contributed by atoms with E-state index < -0.39 is 40.6 Å². The van der Waals surface area contributed by atoms with Crippen LogP contribution in [0.3, 0.4) is 0 Å². The second-order valence-corrected chi connectivity index (χ2v) is 7.32. The van der Waals surface area contributed by atoms with E-state index in [1.807, 2.05) is 6.07 Å². The number of nitrogens with one attached hydrogen (secondary N) is 1. The number of carbonyl (C=O) groups excluding carboxylic acids is 1. The first-order chi connectivity index (χ1) is 14.9. The molecular formula is C21H15ClF4N4O2. The summed E-state index contributed by atoms with van der Waals surface area (Å²) in [6.45, 7) is 2.50. The highest BCUT2D eigenvalue weighted by Crippen LogP contribution is 2.31. The molecule has 0 spiro atoms. The summed E-state index contributed by atoms with van der Waals surface area (Å²) < 4.78 is 54.8. The van der Waals surface area contributed by atoms with Crippen molar-refractivity contribution in [3.8, 4) is 11.8 Å². The lowest BCUT2D eigenvalue weighted by Crippen LogP contribution is -2.29. The number of nitrogens with zero attached hydrogens (tertiary/aromatic N) is 3. The lowest BCUT2D eigenvalue weighted by molar-refractivity contribution is -0.138. The van der Waals surface area contributed by atoms with Crippen molar-refractivity contribution in [1.29, 1.82) is 5.26 Å². The first-order valence-corrected chi connectivity index (χ1v) is 9.46. The van der Waals surface area contributed by atoms with Crippen molar-refractivity contribution in [3.63, 3.8) is 0 Å². The predicted molar refractivity (Wildman–Crippen MR) is 109 cm³/mol. The fourth-order valence-corrected chi connectivity index (χ4v) is 3.42. The summed E-state index contributed by atoms with van der Waals surface area (Å²) in [4.78, 5) is 24.8. The van der Waals surface area contributed by atoms with E-state index in [4.69, 9.17) is 11.6 Å². The molecule has 3 rings (SSSR count). The second kappa shape index (κ2) is 8.51. The van der Waals surface area contributed by atoms with Crippen molar-refractivity contribution < 1.29 is 22.4 Å². The summed E-state index contributed by atoms with van der Waals surface area (Å²) in [5.41, 5.74) is -0.699. The quantitative estimate of drug-likeness (QED) is 0.572. The normalized spacial score (nSPS) is 11.3. The molecule has 1 N–H and O–H groups in total. The molecule has 6 nitrogen and oxygen atoms in total. The van der Waals surface area contributed by atoms with E-state index in [1.165, 1.54) is 22.8 Å². The molecular weight excluding hydrogens is 452 g/mol. The van der Waals surface area contributed by atoms with Gasteiger partial charge in [0.15, 0.2) is 0 Å². The molecule has 0 atom stereocenters. The molecule has 32 heavy (non-hydrogen) atoms. The molecule has 0 saturated heterocycles. The Morgan fingerprint density at radius 2 is 1.94 bits per heavy atom. The van der Waals surface area contributed by atoms with Crippen LogP contribution < -0.4 is 10.9 Å². The second-order valence-electron chi connectivity index (χ2n) is 6.92. The van der Waals surface area contributed by atoms with Crippen molar-refractivity contribution in [3.05, 3.63) is 80.1 Å². The molecule has 0 fully saturated rings. The van der Waals surface area contributed by atoms with Crippen LogP contribution in [0.15, 0.2) is 41.3 Å². The molecule has 0 aliphatic carbocycles. The maximum atomic E-state index is 13.8. The molecule has 2 heterocycles. The highest BCUT2D eigenvalue weighted by Gasteiger charge is 2.32. The summed E-state index contributed by atoms with van der Waals surface area (Å²) in [6.07, 6.45) is -4.29. The SMILES string of the molecule is Cc1c(C#N)c(NC(=O)Cn2cc(C(F)(F)F)cc(Cl)c2=O)n(-c2cccc(F)c2)c1C. The third kappa shape index (κ3) is 4.38. The van der Waals surface area contributed by atoms with Gasteiger partial charge in [-0.1, -0.05) is 17.7 Å². The molecule has 0 bridgehead atoms. The predicted octanol–water partition coefficient (Wildman–Crippen LogP) is 4.58. The third-order valence-electron chi connectivity index (χ3n) is 4.83. The van der Waals surface area contributed by atoms with Gasteiger partial charge in [0, 0.05) is 11.9 Å². The van der Waals surface area contributed by atoms with Crippen LogP contribution in [-0.2, 0) is 17.5 Å². The molecule has 0 radical (unpaired) electrons. The molecule has 2 aromatic heterocycles. The molecule has 11 heteroatoms. The minimum Gasteiger partial charge on any atom is -0.309 e. The summed E-state index contributed by atoms with van der Waals surface area (Å²) in [5, 5.41) is 11.3. The molecule has 1 aromatic carbocycles. The first-order valence-electron chi connectivity index (χ1n) is 9.09. The molecule has 3 aromatic rings. The van der Waals surface area contributed by atoms with Gasteiger partial charge in [0.2, 0.25) is 5.91 Å². The lowest BCUT2D eigenvalue weighted by atomic mass is 10.2. The minimum absolute atomic E-state index is 0.00391. The Hall–Kier alpha value is -3.58. The maximum absolute atomic E-state index is 13.8. The van der Waals surface area contributed by atoms with E-state index >= 15 is 0 Å². The van der Waals surface area contributed by atoms with Crippen LogP contribution in [0, 0.1) is 31.0 Å². The average molecular weight is 467 g/mol. The highest BCUT2D eigenvalue weighted by atomic mass is 35.5. The molecule has 166 valence electrons. The Balaban J connectivity index is 2.03. The minimum atomic E-state index is -4.77. The van der Waals surface area contributed by atoms with Gasteiger partial charge in [0.1, 0.15) is 29.3 Å². The Labute approximate surface area is 184 Å². The third-order valence-corrected chi connectivity index (χ3v) is 5.10. The largest absolute Gasteiger partial charge is 0.417 e. The molecule has 0 unspecified atom stereocenters. The fraction of sp³-hybridized carbons (Fsp3) is 0.190. The molecule has 0 aliphatic heterocycles. The van der Waals surface area contributed by atoms with Gasteiger partial charge in [-0.15, -0.1) is 0 Å². The average Bonchev–Trinajstić information content (AvgIpc) is 2.93. The highest BCUT2D eigenvalue weighted by molar-refractivity contribution is 6.30. The fourth-order valence-electron chi connectivity index (χ4n) is 3.20. The van der Waals surface area contributed by atoms with Crippen LogP contribution in [0.2, 0.25) is 5.02 Å². The van der Waals surface area contributed by atoms with E-state index in [9.17, 15) is 32.4 Å². The smallest absolute Gasteiger partial charge is 0.309 e. The van der Waals surface area contributed by atoms with E-state index in [2.05, 4.69) is 5.32 Å². The number of halogens is 5. The van der Waals surface area contributed by atoms with E-state index in [0.717, 1.165) is 0 Å². The van der Waals surface area contributed by atoms with Gasteiger partial charge >= 0.3 is 6.18 Å². The number of nitriles is 1. The molecule has 0 saturated carbocycles. The number of hydrogen-bond acceptors (Lipinski definition) is 3. The zero-order chi connectivity index (χ0) is 23.8. The Morgan fingerprint density at radius 1 is 1.25 bits per heavy atom. The monoisotopic (exact) mass is 466 g/mol. The van der Waals surface area contributed by atoms with Crippen LogP contribution in [0.1, 0.15) is 22.4 Å². The summed E-state index contributed by atoms with van der Waals surface area (Å²) >= 11 is 5.61. The maximum Gasteiger partial charge on any atom is 0.417 e. The Bertz CT molecular complexity index is 1320. The van der Waals surface area contributed by atoms with Crippen molar-refractivity contribution in [2.24, 2.45) is 0 Å². The van der Waals surface area contributed by atoms with Gasteiger partial charge in [0.05, 0.1) is 16.8 Å². The number of benzene rings is 1. The number of rotatable bonds is 4. The number of amides is 1. The van der Waals surface area contributed by atoms with Crippen molar-refractivity contribution in [2.75, 3.05) is 5.32 Å². The van der Waals surface area contributed by atoms with Gasteiger partial charge in [-0.3, -0.25) is 14.2 Å². The van der Waals surface area contributed by atoms with Crippen molar-refractivity contribution in [1.82, 2.24) is 9.13 Å². The van der Waals surface area contributed by atoms with Crippen LogP contribution in [0.25, 0.3) is 5.69 Å². The van der Waals surface area contributed by atoms with E-state index in [1.54, 1.807) is 19.9 Å². The van der Waals surface area contributed by atoms with E-state index in [0.29, 0.717) is 33.8 Å². The molecule has 1 amide bonds. The zero-order valence-electron chi connectivity index (χ0n) is 16.7. The van der Waals surface area contributed by atoms with Gasteiger partial charge < -0.3 is 9.88 Å². The number of anilines is 1. The number of carbonyl (C=O) groups is 1. The molecule has 0 aliphatic rings. The zero-order valence-corrected chi connectivity index (χ0v) is 17.5. The van der Waals surface area contributed by atoms with E-state index in [-0.39, 0.29) is 11.4 Å². The summed E-state index contributed by atoms with van der Waals surface area (Å²) in [6, 6.07) is 7.86. The first kappa shape index (κ1) is 23.1. The number of pyridine rings is 1. The topological polar surface area (TPSA) is 79.8 Å². The Morgan fingerprint density at radius 3 is 2.53 bits per heavy atom. The van der Waals surface area contributed by atoms with Crippen LogP contribution in [0.5, 0.6) is 0 Å². The van der Waals surface area contributed by atoms with Gasteiger partial charge in [-0.2, -0.15) is 18.4 Å². The Kier molecular flexibility index (Phi) is 6.14. The van der Waals surface area contributed by atoms with Crippen molar-refractivity contribution in [2.45, 2.75) is 26.6 Å². The number of alkyl halides is 3. The van der Waals surface area contributed by atoms with Gasteiger partial charge in [-0.05, 0) is 43.7 Å². The van der Waals surface area contributed by atoms with Crippen LogP contribution in [-0.4, -0.2) is 15.0 Å². The van der Waals surface area contributed by atoms with Gasteiger partial charge in [0.25, 0.3) is 5.56 Å². The number of hydrogen-bond donors (Lipinski definition) is 1. The standard InChI is InChI=1S/C21H15ClF4N4O2/c1-11-12(2)30(15-5-3-4-14(23)7-15)19(16(11)8-27)28-18(31)10-29-9-13(21(24,25)26)6-17(22)20(29)32/h3-7,9H,10H2,1-2H3,(H,28,31). The van der Waals surface area contributed by atoms with Crippen LogP contribution in [0.4, 0.5) is 23.4 Å². The number of aromatic nitrogens is 2.